The zero-order chi connectivity index (χ0) is 17.8. The molecule has 0 saturated carbocycles. The van der Waals surface area contributed by atoms with Gasteiger partial charge in [-0.1, -0.05) is 35.5 Å². The van der Waals surface area contributed by atoms with Crippen LogP contribution >= 0.6 is 0 Å². The van der Waals surface area contributed by atoms with Crippen LogP contribution < -0.4 is 5.32 Å². The highest BCUT2D eigenvalue weighted by atomic mass is 16.5. The van der Waals surface area contributed by atoms with E-state index in [1.807, 2.05) is 51.1 Å². The Labute approximate surface area is 148 Å². The van der Waals surface area contributed by atoms with Crippen molar-refractivity contribution in [2.24, 2.45) is 0 Å². The van der Waals surface area contributed by atoms with Gasteiger partial charge >= 0.3 is 0 Å². The molecule has 0 spiro atoms. The number of carbonyl (C=O) groups is 1. The molecule has 1 amide bonds. The first-order valence-corrected chi connectivity index (χ1v) is 8.94. The van der Waals surface area contributed by atoms with Gasteiger partial charge in [-0.25, -0.2) is 0 Å². The summed E-state index contributed by atoms with van der Waals surface area (Å²) < 4.78 is 5.33. The summed E-state index contributed by atoms with van der Waals surface area (Å²) in [5.41, 5.74) is 1.03. The fraction of sp³-hybridized carbons (Fsp3) is 0.526. The van der Waals surface area contributed by atoms with E-state index >= 15 is 0 Å². The molecule has 6 nitrogen and oxygen atoms in total. The minimum atomic E-state index is -0.256. The second-order valence-electron chi connectivity index (χ2n) is 6.97. The van der Waals surface area contributed by atoms with Gasteiger partial charge in [-0.3, -0.25) is 9.69 Å². The van der Waals surface area contributed by atoms with Crippen LogP contribution in [0.1, 0.15) is 55.9 Å². The van der Waals surface area contributed by atoms with Crippen LogP contribution in [0.25, 0.3) is 0 Å². The summed E-state index contributed by atoms with van der Waals surface area (Å²) in [6.07, 6.45) is 1.83. The zero-order valence-electron chi connectivity index (χ0n) is 15.1. The molecule has 1 aliphatic rings. The molecule has 1 aliphatic heterocycles. The van der Waals surface area contributed by atoms with Crippen molar-refractivity contribution in [2.45, 2.75) is 51.6 Å². The van der Waals surface area contributed by atoms with Crippen LogP contribution in [0.2, 0.25) is 0 Å². The number of benzene rings is 1. The summed E-state index contributed by atoms with van der Waals surface area (Å²) in [7, 11) is 0. The molecule has 1 fully saturated rings. The van der Waals surface area contributed by atoms with Crippen LogP contribution in [0.4, 0.5) is 0 Å². The normalized spacial score (nSPS) is 17.6. The fourth-order valence-electron chi connectivity index (χ4n) is 3.41. The molecule has 2 aromatic rings. The van der Waals surface area contributed by atoms with Crippen LogP contribution in [0.15, 0.2) is 34.9 Å². The molecular weight excluding hydrogens is 316 g/mol. The van der Waals surface area contributed by atoms with Gasteiger partial charge in [0.05, 0.1) is 0 Å². The summed E-state index contributed by atoms with van der Waals surface area (Å²) >= 11 is 0. The number of aryl methyl sites for hydroxylation is 1. The molecule has 134 valence electrons. The van der Waals surface area contributed by atoms with E-state index in [2.05, 4.69) is 20.4 Å². The maximum Gasteiger partial charge on any atom is 0.242 e. The van der Waals surface area contributed by atoms with E-state index in [4.69, 9.17) is 4.52 Å². The molecule has 0 unspecified atom stereocenters. The molecule has 1 aromatic heterocycles. The van der Waals surface area contributed by atoms with Gasteiger partial charge in [0, 0.05) is 12.0 Å². The van der Waals surface area contributed by atoms with E-state index < -0.39 is 0 Å². The second-order valence-corrected chi connectivity index (χ2v) is 6.97. The van der Waals surface area contributed by atoms with E-state index in [9.17, 15) is 4.79 Å². The van der Waals surface area contributed by atoms with E-state index in [1.165, 1.54) is 0 Å². The molecule has 0 aliphatic carbocycles. The average molecular weight is 342 g/mol. The number of likely N-dealkylation sites (tertiary alicyclic amines) is 1. The third-order valence-corrected chi connectivity index (χ3v) is 4.58. The van der Waals surface area contributed by atoms with Gasteiger partial charge in [-0.05, 0) is 52.3 Å². The summed E-state index contributed by atoms with van der Waals surface area (Å²) in [4.78, 5) is 19.4. The Morgan fingerprint density at radius 2 is 1.92 bits per heavy atom. The number of nitrogens with zero attached hydrogens (tertiary/aromatic N) is 3. The smallest absolute Gasteiger partial charge is 0.242 e. The van der Waals surface area contributed by atoms with Gasteiger partial charge in [0.15, 0.2) is 5.82 Å². The van der Waals surface area contributed by atoms with E-state index in [-0.39, 0.29) is 23.9 Å². The third-order valence-electron chi connectivity index (χ3n) is 4.58. The van der Waals surface area contributed by atoms with Crippen molar-refractivity contribution in [3.8, 4) is 0 Å². The molecule has 1 N–H and O–H groups in total. The SMILES string of the molecule is Cc1noc(C2CCN([C@@H](C(=O)NC(C)C)c3ccccc3)CC2)n1. The Morgan fingerprint density at radius 3 is 2.48 bits per heavy atom. The van der Waals surface area contributed by atoms with Crippen molar-refractivity contribution in [3.63, 3.8) is 0 Å². The summed E-state index contributed by atoms with van der Waals surface area (Å²) in [6.45, 7) is 7.48. The Bertz CT molecular complexity index is 690. The Morgan fingerprint density at radius 1 is 1.24 bits per heavy atom. The van der Waals surface area contributed by atoms with Crippen LogP contribution in [0.5, 0.6) is 0 Å². The lowest BCUT2D eigenvalue weighted by Crippen LogP contribution is -2.45. The van der Waals surface area contributed by atoms with Gasteiger partial charge in [-0.15, -0.1) is 0 Å². The highest BCUT2D eigenvalue weighted by molar-refractivity contribution is 5.83. The molecule has 6 heteroatoms. The van der Waals surface area contributed by atoms with Crippen molar-refractivity contribution >= 4 is 5.91 Å². The molecule has 25 heavy (non-hydrogen) atoms. The number of hydrogen-bond acceptors (Lipinski definition) is 5. The quantitative estimate of drug-likeness (QED) is 0.905. The van der Waals surface area contributed by atoms with Crippen LogP contribution in [0.3, 0.4) is 0 Å². The highest BCUT2D eigenvalue weighted by Crippen LogP contribution is 2.31. The minimum absolute atomic E-state index is 0.0632. The average Bonchev–Trinajstić information content (AvgIpc) is 3.02. The molecular formula is C19H26N4O2. The van der Waals surface area contributed by atoms with Crippen LogP contribution in [-0.4, -0.2) is 40.1 Å². The lowest BCUT2D eigenvalue weighted by atomic mass is 9.93. The summed E-state index contributed by atoms with van der Waals surface area (Å²) in [5, 5.41) is 6.95. The minimum Gasteiger partial charge on any atom is -0.352 e. The van der Waals surface area contributed by atoms with Crippen LogP contribution in [-0.2, 0) is 4.79 Å². The second kappa shape index (κ2) is 7.78. The predicted molar refractivity (Wildman–Crippen MR) is 95.0 cm³/mol. The lowest BCUT2D eigenvalue weighted by molar-refractivity contribution is -0.127. The van der Waals surface area contributed by atoms with Gasteiger partial charge in [-0.2, -0.15) is 4.98 Å². The van der Waals surface area contributed by atoms with Gasteiger partial charge in [0.1, 0.15) is 6.04 Å². The molecule has 0 radical (unpaired) electrons. The lowest BCUT2D eigenvalue weighted by Gasteiger charge is -2.36. The maximum atomic E-state index is 12.8. The largest absolute Gasteiger partial charge is 0.352 e. The zero-order valence-corrected chi connectivity index (χ0v) is 15.1. The first kappa shape index (κ1) is 17.6. The standard InChI is InChI=1S/C19H26N4O2/c1-13(2)20-18(24)17(15-7-5-4-6-8-15)23-11-9-16(10-12-23)19-21-14(3)22-25-19/h4-8,13,16-17H,9-12H2,1-3H3,(H,20,24)/t17-/m1/s1. The van der Waals surface area contributed by atoms with Crippen molar-refractivity contribution < 1.29 is 9.32 Å². The van der Waals surface area contributed by atoms with Crippen molar-refractivity contribution in [3.05, 3.63) is 47.6 Å². The van der Waals surface area contributed by atoms with E-state index in [0.29, 0.717) is 5.82 Å². The maximum absolute atomic E-state index is 12.8. The molecule has 1 aromatic carbocycles. The van der Waals surface area contributed by atoms with Crippen molar-refractivity contribution in [1.82, 2.24) is 20.4 Å². The van der Waals surface area contributed by atoms with E-state index in [0.717, 1.165) is 37.4 Å². The highest BCUT2D eigenvalue weighted by Gasteiger charge is 2.33. The van der Waals surface area contributed by atoms with Gasteiger partial charge in [0.2, 0.25) is 11.8 Å². The molecule has 1 atom stereocenters. The number of nitrogens with one attached hydrogen (secondary N) is 1. The number of hydrogen-bond donors (Lipinski definition) is 1. The number of amides is 1. The molecule has 3 rings (SSSR count). The molecule has 2 heterocycles. The third kappa shape index (κ3) is 4.25. The Balaban J connectivity index is 1.73. The number of carbonyl (C=O) groups excluding carboxylic acids is 1. The fourth-order valence-corrected chi connectivity index (χ4v) is 3.41. The van der Waals surface area contributed by atoms with Gasteiger partial charge in [0.25, 0.3) is 0 Å². The number of aromatic nitrogens is 2. The predicted octanol–water partition coefficient (Wildman–Crippen LogP) is 2.82. The van der Waals surface area contributed by atoms with Crippen LogP contribution in [0, 0.1) is 6.92 Å². The first-order valence-electron chi connectivity index (χ1n) is 8.94. The Kier molecular flexibility index (Phi) is 5.48. The van der Waals surface area contributed by atoms with Crippen molar-refractivity contribution in [1.29, 1.82) is 0 Å². The molecule has 0 bridgehead atoms. The number of rotatable bonds is 5. The summed E-state index contributed by atoms with van der Waals surface area (Å²) in [6, 6.07) is 9.87. The first-order chi connectivity index (χ1) is 12.0. The summed E-state index contributed by atoms with van der Waals surface area (Å²) in [5.74, 6) is 1.74. The monoisotopic (exact) mass is 342 g/mol. The Hall–Kier alpha value is -2.21. The van der Waals surface area contributed by atoms with Crippen molar-refractivity contribution in [2.75, 3.05) is 13.1 Å². The molecule has 1 saturated heterocycles. The van der Waals surface area contributed by atoms with E-state index in [1.54, 1.807) is 0 Å². The number of piperidine rings is 1. The topological polar surface area (TPSA) is 71.3 Å². The van der Waals surface area contributed by atoms with Gasteiger partial charge < -0.3 is 9.84 Å².